The van der Waals surface area contributed by atoms with Gasteiger partial charge < -0.3 is 10.6 Å². The highest BCUT2D eigenvalue weighted by atomic mass is 16.2. The van der Waals surface area contributed by atoms with E-state index in [-0.39, 0.29) is 12.1 Å². The van der Waals surface area contributed by atoms with Crippen LogP contribution in [0.25, 0.3) is 5.69 Å². The molecule has 0 aliphatic heterocycles. The Kier molecular flexibility index (Phi) is 4.29. The van der Waals surface area contributed by atoms with E-state index in [4.69, 9.17) is 0 Å². The smallest absolute Gasteiger partial charge is 0.319 e. The molecule has 7 heteroatoms. The van der Waals surface area contributed by atoms with Gasteiger partial charge in [-0.05, 0) is 48.4 Å². The molecule has 20 heavy (non-hydrogen) atoms. The molecule has 0 aliphatic rings. The van der Waals surface area contributed by atoms with Crippen molar-refractivity contribution in [2.24, 2.45) is 0 Å². The molecule has 0 saturated carbocycles. The second-order valence-electron chi connectivity index (χ2n) is 4.66. The van der Waals surface area contributed by atoms with Gasteiger partial charge in [0.15, 0.2) is 0 Å². The summed E-state index contributed by atoms with van der Waals surface area (Å²) >= 11 is 0. The van der Waals surface area contributed by atoms with Crippen LogP contribution in [0, 0.1) is 6.92 Å². The Balaban J connectivity index is 2.15. The second-order valence-corrected chi connectivity index (χ2v) is 4.66. The van der Waals surface area contributed by atoms with Gasteiger partial charge in [0.1, 0.15) is 6.33 Å². The highest BCUT2D eigenvalue weighted by Crippen LogP contribution is 2.18. The molecular formula is C13H18N6O. The van der Waals surface area contributed by atoms with Crippen molar-refractivity contribution < 1.29 is 4.79 Å². The topological polar surface area (TPSA) is 84.7 Å². The molecule has 2 aromatic rings. The van der Waals surface area contributed by atoms with E-state index in [0.717, 1.165) is 23.4 Å². The third-order valence-electron chi connectivity index (χ3n) is 3.07. The van der Waals surface area contributed by atoms with Gasteiger partial charge in [0.05, 0.1) is 5.69 Å². The fourth-order valence-corrected chi connectivity index (χ4v) is 1.65. The lowest BCUT2D eigenvalue weighted by molar-refractivity contribution is 0.249. The minimum atomic E-state index is -0.212. The molecular weight excluding hydrogens is 256 g/mol. The molecule has 0 fully saturated rings. The Labute approximate surface area is 117 Å². The summed E-state index contributed by atoms with van der Waals surface area (Å²) in [6, 6.07) is 5.57. The maximum absolute atomic E-state index is 11.9. The maximum Gasteiger partial charge on any atom is 0.319 e. The molecule has 1 atom stereocenters. The van der Waals surface area contributed by atoms with Crippen molar-refractivity contribution in [1.82, 2.24) is 25.5 Å². The lowest BCUT2D eigenvalue weighted by Gasteiger charge is -2.14. The summed E-state index contributed by atoms with van der Waals surface area (Å²) in [5, 5.41) is 16.7. The van der Waals surface area contributed by atoms with Crippen LogP contribution in [0.3, 0.4) is 0 Å². The molecule has 106 valence electrons. The van der Waals surface area contributed by atoms with E-state index in [1.807, 2.05) is 39.0 Å². The summed E-state index contributed by atoms with van der Waals surface area (Å²) in [6.45, 7) is 5.92. The van der Waals surface area contributed by atoms with Crippen LogP contribution >= 0.6 is 0 Å². The Morgan fingerprint density at radius 2 is 2.25 bits per heavy atom. The molecule has 0 spiro atoms. The Morgan fingerprint density at radius 1 is 1.45 bits per heavy atom. The number of anilines is 1. The zero-order chi connectivity index (χ0) is 14.5. The van der Waals surface area contributed by atoms with Crippen molar-refractivity contribution in [2.75, 3.05) is 5.32 Å². The van der Waals surface area contributed by atoms with Crippen LogP contribution in [0.4, 0.5) is 10.5 Å². The third-order valence-corrected chi connectivity index (χ3v) is 3.07. The number of benzene rings is 1. The van der Waals surface area contributed by atoms with Gasteiger partial charge in [-0.1, -0.05) is 13.0 Å². The van der Waals surface area contributed by atoms with Crippen LogP contribution in [0.5, 0.6) is 0 Å². The van der Waals surface area contributed by atoms with Crippen molar-refractivity contribution in [3.63, 3.8) is 0 Å². The van der Waals surface area contributed by atoms with E-state index >= 15 is 0 Å². The predicted octanol–water partition coefficient (Wildman–Crippen LogP) is 1.89. The molecule has 1 unspecified atom stereocenters. The van der Waals surface area contributed by atoms with E-state index in [1.54, 1.807) is 0 Å². The van der Waals surface area contributed by atoms with Gasteiger partial charge in [-0.25, -0.2) is 9.48 Å². The normalized spacial score (nSPS) is 11.9. The number of aryl methyl sites for hydroxylation is 1. The third kappa shape index (κ3) is 3.31. The van der Waals surface area contributed by atoms with Crippen molar-refractivity contribution in [1.29, 1.82) is 0 Å². The lowest BCUT2D eigenvalue weighted by Crippen LogP contribution is -2.35. The van der Waals surface area contributed by atoms with Gasteiger partial charge in [0, 0.05) is 11.7 Å². The molecule has 0 saturated heterocycles. The lowest BCUT2D eigenvalue weighted by atomic mass is 10.2. The Morgan fingerprint density at radius 3 is 2.90 bits per heavy atom. The fourth-order valence-electron chi connectivity index (χ4n) is 1.65. The number of tetrazole rings is 1. The van der Waals surface area contributed by atoms with Gasteiger partial charge in [-0.2, -0.15) is 0 Å². The van der Waals surface area contributed by atoms with Crippen molar-refractivity contribution in [2.45, 2.75) is 33.2 Å². The van der Waals surface area contributed by atoms with Crippen LogP contribution in [0.15, 0.2) is 24.5 Å². The molecule has 2 rings (SSSR count). The van der Waals surface area contributed by atoms with E-state index in [0.29, 0.717) is 0 Å². The summed E-state index contributed by atoms with van der Waals surface area (Å²) in [4.78, 5) is 11.9. The van der Waals surface area contributed by atoms with Gasteiger partial charge in [0.2, 0.25) is 0 Å². The fraction of sp³-hybridized carbons (Fsp3) is 0.385. The van der Waals surface area contributed by atoms with Crippen molar-refractivity contribution in [3.8, 4) is 5.69 Å². The summed E-state index contributed by atoms with van der Waals surface area (Å²) < 4.78 is 1.54. The summed E-state index contributed by atoms with van der Waals surface area (Å²) in [6.07, 6.45) is 2.39. The summed E-state index contributed by atoms with van der Waals surface area (Å²) in [7, 11) is 0. The molecule has 0 bridgehead atoms. The largest absolute Gasteiger partial charge is 0.335 e. The van der Waals surface area contributed by atoms with Gasteiger partial charge >= 0.3 is 6.03 Å². The molecule has 1 heterocycles. The zero-order valence-electron chi connectivity index (χ0n) is 11.8. The van der Waals surface area contributed by atoms with Crippen LogP contribution in [0.2, 0.25) is 0 Å². The number of amides is 2. The number of carbonyl (C=O) groups excluding carboxylic acids is 1. The summed E-state index contributed by atoms with van der Waals surface area (Å²) in [5.74, 6) is 0. The zero-order valence-corrected chi connectivity index (χ0v) is 11.8. The average Bonchev–Trinajstić information content (AvgIpc) is 2.95. The number of nitrogens with zero attached hydrogens (tertiary/aromatic N) is 4. The molecule has 7 nitrogen and oxygen atoms in total. The quantitative estimate of drug-likeness (QED) is 0.891. The van der Waals surface area contributed by atoms with Crippen LogP contribution in [0.1, 0.15) is 25.8 Å². The highest BCUT2D eigenvalue weighted by Gasteiger charge is 2.08. The number of urea groups is 1. The average molecular weight is 274 g/mol. The minimum Gasteiger partial charge on any atom is -0.335 e. The van der Waals surface area contributed by atoms with E-state index in [1.165, 1.54) is 11.0 Å². The number of carbonyl (C=O) groups is 1. The van der Waals surface area contributed by atoms with Gasteiger partial charge in [-0.15, -0.1) is 5.10 Å². The standard InChI is InChI=1S/C13H18N6O/c1-4-10(3)15-13(20)16-12-7-11(6-5-9(12)2)19-8-14-17-18-19/h5-8,10H,4H2,1-3H3,(H2,15,16,20). The predicted molar refractivity (Wildman–Crippen MR) is 75.8 cm³/mol. The number of hydrogen-bond donors (Lipinski definition) is 2. The molecule has 0 radical (unpaired) electrons. The summed E-state index contributed by atoms with van der Waals surface area (Å²) in [5.41, 5.74) is 2.50. The molecule has 2 amide bonds. The second kappa shape index (κ2) is 6.14. The van der Waals surface area contributed by atoms with Gasteiger partial charge in [-0.3, -0.25) is 0 Å². The highest BCUT2D eigenvalue weighted by molar-refractivity contribution is 5.90. The number of hydrogen-bond acceptors (Lipinski definition) is 4. The van der Waals surface area contributed by atoms with Crippen molar-refractivity contribution in [3.05, 3.63) is 30.1 Å². The first-order valence-corrected chi connectivity index (χ1v) is 6.51. The van der Waals surface area contributed by atoms with Crippen LogP contribution < -0.4 is 10.6 Å². The van der Waals surface area contributed by atoms with E-state index < -0.39 is 0 Å². The molecule has 1 aromatic heterocycles. The first-order valence-electron chi connectivity index (χ1n) is 6.51. The minimum absolute atomic E-state index is 0.137. The number of rotatable bonds is 4. The first-order chi connectivity index (χ1) is 9.60. The molecule has 0 aliphatic carbocycles. The van der Waals surface area contributed by atoms with Crippen molar-refractivity contribution >= 4 is 11.7 Å². The number of aromatic nitrogens is 4. The molecule has 2 N–H and O–H groups in total. The van der Waals surface area contributed by atoms with Gasteiger partial charge in [0.25, 0.3) is 0 Å². The number of nitrogens with one attached hydrogen (secondary N) is 2. The maximum atomic E-state index is 11.9. The van der Waals surface area contributed by atoms with E-state index in [2.05, 4.69) is 26.2 Å². The Bertz CT molecular complexity index is 581. The SMILES string of the molecule is CCC(C)NC(=O)Nc1cc(-n2cnnn2)ccc1C. The van der Waals surface area contributed by atoms with E-state index in [9.17, 15) is 4.79 Å². The van der Waals surface area contributed by atoms with Crippen LogP contribution in [-0.2, 0) is 0 Å². The monoisotopic (exact) mass is 274 g/mol. The molecule has 1 aromatic carbocycles. The Hall–Kier alpha value is -2.44. The first kappa shape index (κ1) is 14.0. The van der Waals surface area contributed by atoms with Crippen LogP contribution in [-0.4, -0.2) is 32.3 Å².